The fourth-order valence-corrected chi connectivity index (χ4v) is 5.49. The van der Waals surface area contributed by atoms with E-state index in [0.717, 1.165) is 21.7 Å². The van der Waals surface area contributed by atoms with Gasteiger partial charge >= 0.3 is 0 Å². The highest BCUT2D eigenvalue weighted by molar-refractivity contribution is 7.92. The maximum absolute atomic E-state index is 12.3. The second-order valence-corrected chi connectivity index (χ2v) is 8.49. The SMILES string of the molecule is Cc1csc(CS(=O)(=O)c2nc3ccc(N)cc3s2)n1. The average Bonchev–Trinajstić information content (AvgIpc) is 2.95. The van der Waals surface area contributed by atoms with E-state index in [-0.39, 0.29) is 10.1 Å². The van der Waals surface area contributed by atoms with Crippen molar-refractivity contribution in [2.45, 2.75) is 17.0 Å². The largest absolute Gasteiger partial charge is 0.399 e. The summed E-state index contributed by atoms with van der Waals surface area (Å²) in [5.74, 6) is -0.110. The van der Waals surface area contributed by atoms with E-state index < -0.39 is 9.84 Å². The van der Waals surface area contributed by atoms with Crippen LogP contribution in [-0.2, 0) is 15.6 Å². The van der Waals surface area contributed by atoms with Gasteiger partial charge in [-0.25, -0.2) is 18.4 Å². The van der Waals surface area contributed by atoms with Crippen LogP contribution in [0.3, 0.4) is 0 Å². The third-order valence-corrected chi connectivity index (χ3v) is 6.89. The first-order valence-corrected chi connectivity index (χ1v) is 9.09. The summed E-state index contributed by atoms with van der Waals surface area (Å²) < 4.78 is 25.6. The number of sulfone groups is 1. The van der Waals surface area contributed by atoms with Gasteiger partial charge in [0.05, 0.1) is 10.2 Å². The van der Waals surface area contributed by atoms with Gasteiger partial charge in [0.15, 0.2) is 0 Å². The molecule has 0 atom stereocenters. The van der Waals surface area contributed by atoms with E-state index in [2.05, 4.69) is 9.97 Å². The second-order valence-electron chi connectivity index (χ2n) is 4.35. The molecule has 20 heavy (non-hydrogen) atoms. The number of benzene rings is 1. The van der Waals surface area contributed by atoms with Crippen LogP contribution in [0.5, 0.6) is 0 Å². The van der Waals surface area contributed by atoms with E-state index in [4.69, 9.17) is 5.73 Å². The molecule has 0 aliphatic heterocycles. The minimum absolute atomic E-state index is 0.110. The predicted octanol–water partition coefficient (Wildman–Crippen LogP) is 2.62. The van der Waals surface area contributed by atoms with Gasteiger partial charge in [-0.1, -0.05) is 0 Å². The maximum Gasteiger partial charge on any atom is 0.211 e. The van der Waals surface area contributed by atoms with Crippen molar-refractivity contribution in [3.05, 3.63) is 34.3 Å². The first-order chi connectivity index (χ1) is 9.44. The first kappa shape index (κ1) is 13.5. The van der Waals surface area contributed by atoms with E-state index in [1.54, 1.807) is 18.2 Å². The van der Waals surface area contributed by atoms with Crippen LogP contribution in [0.4, 0.5) is 5.69 Å². The van der Waals surface area contributed by atoms with Crippen LogP contribution in [0.2, 0.25) is 0 Å². The van der Waals surface area contributed by atoms with Crippen LogP contribution in [0.15, 0.2) is 27.9 Å². The molecule has 8 heteroatoms. The van der Waals surface area contributed by atoms with Gasteiger partial charge in [0.1, 0.15) is 10.8 Å². The molecule has 0 aliphatic rings. The quantitative estimate of drug-likeness (QED) is 0.748. The van der Waals surface area contributed by atoms with Crippen LogP contribution in [-0.4, -0.2) is 18.4 Å². The highest BCUT2D eigenvalue weighted by Gasteiger charge is 2.22. The molecule has 3 rings (SSSR count). The lowest BCUT2D eigenvalue weighted by molar-refractivity contribution is 0.594. The summed E-state index contributed by atoms with van der Waals surface area (Å²) >= 11 is 2.49. The van der Waals surface area contributed by atoms with Crippen molar-refractivity contribution < 1.29 is 8.42 Å². The van der Waals surface area contributed by atoms with Gasteiger partial charge < -0.3 is 5.73 Å². The van der Waals surface area contributed by atoms with Crippen LogP contribution in [0.1, 0.15) is 10.7 Å². The van der Waals surface area contributed by atoms with Crippen molar-refractivity contribution in [1.82, 2.24) is 9.97 Å². The summed E-state index contributed by atoms with van der Waals surface area (Å²) in [7, 11) is -3.46. The molecule has 0 unspecified atom stereocenters. The Hall–Kier alpha value is -1.51. The zero-order valence-corrected chi connectivity index (χ0v) is 13.0. The van der Waals surface area contributed by atoms with E-state index in [0.29, 0.717) is 16.2 Å². The molecular formula is C12H11N3O2S3. The Morgan fingerprint density at radius 1 is 1.30 bits per heavy atom. The number of hydrogen-bond donors (Lipinski definition) is 1. The topological polar surface area (TPSA) is 85.9 Å². The lowest BCUT2D eigenvalue weighted by Crippen LogP contribution is -2.04. The Kier molecular flexibility index (Phi) is 3.23. The Morgan fingerprint density at radius 2 is 2.10 bits per heavy atom. The number of rotatable bonds is 3. The zero-order chi connectivity index (χ0) is 14.3. The number of hydrogen-bond acceptors (Lipinski definition) is 7. The van der Waals surface area contributed by atoms with Crippen molar-refractivity contribution in [3.8, 4) is 0 Å². The summed E-state index contributed by atoms with van der Waals surface area (Å²) in [5, 5.41) is 2.42. The standard InChI is InChI=1S/C12H11N3O2S3/c1-7-5-18-11(14-7)6-20(16,17)12-15-9-3-2-8(13)4-10(9)19-12/h2-5H,6,13H2,1H3. The van der Waals surface area contributed by atoms with Gasteiger partial charge in [0.25, 0.3) is 0 Å². The Labute approximate surface area is 124 Å². The number of thiazole rings is 2. The number of nitrogen functional groups attached to an aromatic ring is 1. The molecule has 0 saturated carbocycles. The minimum atomic E-state index is -3.46. The number of nitrogens with zero attached hydrogens (tertiary/aromatic N) is 2. The number of nitrogens with two attached hydrogens (primary N) is 1. The number of aryl methyl sites for hydroxylation is 1. The van der Waals surface area contributed by atoms with Gasteiger partial charge in [-0.3, -0.25) is 0 Å². The Bertz CT molecular complexity index is 880. The summed E-state index contributed by atoms with van der Waals surface area (Å²) in [6.45, 7) is 1.84. The third kappa shape index (κ3) is 2.54. The van der Waals surface area contributed by atoms with Gasteiger partial charge in [0, 0.05) is 16.8 Å². The summed E-state index contributed by atoms with van der Waals surface area (Å²) in [6, 6.07) is 5.18. The monoisotopic (exact) mass is 325 g/mol. The molecular weight excluding hydrogens is 314 g/mol. The number of aromatic nitrogens is 2. The van der Waals surface area contributed by atoms with Crippen LogP contribution < -0.4 is 5.73 Å². The van der Waals surface area contributed by atoms with Gasteiger partial charge in [-0.2, -0.15) is 0 Å². The molecule has 2 aromatic heterocycles. The predicted molar refractivity (Wildman–Crippen MR) is 81.8 cm³/mol. The van der Waals surface area contributed by atoms with Crippen LogP contribution in [0.25, 0.3) is 10.2 Å². The van der Waals surface area contributed by atoms with Crippen molar-refractivity contribution in [3.63, 3.8) is 0 Å². The van der Waals surface area contributed by atoms with Crippen molar-refractivity contribution in [1.29, 1.82) is 0 Å². The fourth-order valence-electron chi connectivity index (χ4n) is 1.75. The highest BCUT2D eigenvalue weighted by atomic mass is 32.2. The Balaban J connectivity index is 2.00. The van der Waals surface area contributed by atoms with Crippen molar-refractivity contribution in [2.24, 2.45) is 0 Å². The molecule has 0 fully saturated rings. The third-order valence-electron chi connectivity index (χ3n) is 2.64. The molecule has 0 bridgehead atoms. The first-order valence-electron chi connectivity index (χ1n) is 5.74. The molecule has 104 valence electrons. The van der Waals surface area contributed by atoms with Crippen LogP contribution >= 0.6 is 22.7 Å². The van der Waals surface area contributed by atoms with Gasteiger partial charge in [-0.15, -0.1) is 22.7 Å². The zero-order valence-electron chi connectivity index (χ0n) is 10.5. The molecule has 5 nitrogen and oxygen atoms in total. The normalized spacial score (nSPS) is 12.1. The van der Waals surface area contributed by atoms with Gasteiger partial charge in [-0.05, 0) is 25.1 Å². The molecule has 3 aromatic rings. The molecule has 2 N–H and O–H groups in total. The maximum atomic E-state index is 12.3. The summed E-state index contributed by atoms with van der Waals surface area (Å²) in [6.07, 6.45) is 0. The lowest BCUT2D eigenvalue weighted by atomic mass is 10.3. The second kappa shape index (κ2) is 4.80. The molecule has 0 amide bonds. The molecule has 0 saturated heterocycles. The van der Waals surface area contributed by atoms with Crippen LogP contribution in [0, 0.1) is 6.92 Å². The van der Waals surface area contributed by atoms with Crippen molar-refractivity contribution >= 4 is 48.4 Å². The number of fused-ring (bicyclic) bond motifs is 1. The van der Waals surface area contributed by atoms with Crippen molar-refractivity contribution in [2.75, 3.05) is 5.73 Å². The fraction of sp³-hybridized carbons (Fsp3) is 0.167. The molecule has 1 aromatic carbocycles. The number of anilines is 1. The smallest absolute Gasteiger partial charge is 0.211 e. The lowest BCUT2D eigenvalue weighted by Gasteiger charge is -1.96. The summed E-state index contributed by atoms with van der Waals surface area (Å²) in [4.78, 5) is 8.37. The summed E-state index contributed by atoms with van der Waals surface area (Å²) in [5.41, 5.74) is 7.77. The molecule has 0 aliphatic carbocycles. The average molecular weight is 325 g/mol. The highest BCUT2D eigenvalue weighted by Crippen LogP contribution is 2.29. The molecule has 2 heterocycles. The van der Waals surface area contributed by atoms with Gasteiger partial charge in [0.2, 0.25) is 14.2 Å². The minimum Gasteiger partial charge on any atom is -0.399 e. The van der Waals surface area contributed by atoms with E-state index >= 15 is 0 Å². The Morgan fingerprint density at radius 3 is 2.80 bits per heavy atom. The molecule has 0 spiro atoms. The molecule has 0 radical (unpaired) electrons. The van der Waals surface area contributed by atoms with E-state index in [9.17, 15) is 8.42 Å². The van der Waals surface area contributed by atoms with E-state index in [1.807, 2.05) is 12.3 Å². The van der Waals surface area contributed by atoms with E-state index in [1.165, 1.54) is 11.3 Å².